The lowest BCUT2D eigenvalue weighted by atomic mass is 9.73. The minimum absolute atomic E-state index is 0.100. The van der Waals surface area contributed by atoms with E-state index in [0.717, 1.165) is 11.1 Å². The van der Waals surface area contributed by atoms with E-state index < -0.39 is 11.3 Å². The Morgan fingerprint density at radius 1 is 0.857 bits per heavy atom. The maximum atomic E-state index is 13.5. The van der Waals surface area contributed by atoms with Crippen LogP contribution in [0.3, 0.4) is 0 Å². The summed E-state index contributed by atoms with van der Waals surface area (Å²) in [6.45, 7) is 5.66. The van der Waals surface area contributed by atoms with Crippen LogP contribution in [0, 0.1) is 23.0 Å². The van der Waals surface area contributed by atoms with Crippen molar-refractivity contribution < 1.29 is 22.8 Å². The maximum Gasteiger partial charge on any atom is 0.205 e. The van der Waals surface area contributed by atoms with Crippen LogP contribution in [-0.4, -0.2) is 11.6 Å². The Morgan fingerprint density at radius 3 is 2.00 bits per heavy atom. The third-order valence-corrected chi connectivity index (χ3v) is 6.77. The van der Waals surface area contributed by atoms with Crippen molar-refractivity contribution in [2.75, 3.05) is 4.90 Å². The second kappa shape index (κ2) is 8.31. The topological polar surface area (TPSA) is 50.5 Å². The Bertz CT molecular complexity index is 1380. The summed E-state index contributed by atoms with van der Waals surface area (Å²) < 4.78 is 33.1. The van der Waals surface area contributed by atoms with Crippen molar-refractivity contribution >= 4 is 34.9 Å². The molecule has 1 fully saturated rings. The van der Waals surface area contributed by atoms with Gasteiger partial charge in [0, 0.05) is 17.4 Å². The van der Waals surface area contributed by atoms with Gasteiger partial charge < -0.3 is 4.42 Å². The molecule has 0 aliphatic heterocycles. The number of carbonyl (C=O) groups excluding carboxylic acids is 2. The highest BCUT2D eigenvalue weighted by Gasteiger charge is 2.53. The van der Waals surface area contributed by atoms with E-state index in [-0.39, 0.29) is 28.8 Å². The Balaban J connectivity index is 1.54. The molecule has 0 spiro atoms. The molecule has 0 amide bonds. The Labute approximate surface area is 201 Å². The summed E-state index contributed by atoms with van der Waals surface area (Å²) in [5, 5.41) is 0. The average molecular weight is 472 g/mol. The summed E-state index contributed by atoms with van der Waals surface area (Å²) in [4.78, 5) is 28.2. The standard InChI is InChI=1S/C29H23F2NO3/c1-17-14-25-27(33)24(28(34)29(25,3)16-18(17)2)15-23-12-13-26(35-23)32(21-8-4-19(30)5-9-21)22-10-6-20(31)7-11-22/h4-16,25H,1-3H3/b24-15-. The van der Waals surface area contributed by atoms with E-state index in [1.54, 1.807) is 48.2 Å². The Morgan fingerprint density at radius 2 is 1.43 bits per heavy atom. The molecular formula is C29H23F2NO3. The summed E-state index contributed by atoms with van der Waals surface area (Å²) in [5.74, 6) is -1.08. The van der Waals surface area contributed by atoms with E-state index in [0.29, 0.717) is 23.0 Å². The molecule has 0 bridgehead atoms. The molecule has 5 rings (SSSR count). The van der Waals surface area contributed by atoms with Crippen LogP contribution in [0.4, 0.5) is 26.0 Å². The first kappa shape index (κ1) is 22.7. The molecule has 1 heterocycles. The molecule has 35 heavy (non-hydrogen) atoms. The molecule has 176 valence electrons. The first-order valence-electron chi connectivity index (χ1n) is 11.3. The second-order valence-corrected chi connectivity index (χ2v) is 9.15. The summed E-state index contributed by atoms with van der Waals surface area (Å²) in [6, 6.07) is 15.0. The molecule has 2 atom stereocenters. The highest BCUT2D eigenvalue weighted by atomic mass is 19.1. The number of Topliss-reactive ketones (excluding diaryl/α,β-unsaturated/α-hetero) is 2. The zero-order valence-electron chi connectivity index (χ0n) is 19.5. The molecule has 2 aliphatic rings. The number of hydrogen-bond donors (Lipinski definition) is 0. The van der Waals surface area contributed by atoms with Crippen molar-refractivity contribution in [1.82, 2.24) is 0 Å². The fraction of sp³-hybridized carbons (Fsp3) is 0.172. The van der Waals surface area contributed by atoms with Crippen LogP contribution in [0.1, 0.15) is 26.5 Å². The van der Waals surface area contributed by atoms with Crippen molar-refractivity contribution in [3.63, 3.8) is 0 Å². The van der Waals surface area contributed by atoms with Gasteiger partial charge in [-0.2, -0.15) is 0 Å². The summed E-state index contributed by atoms with van der Waals surface area (Å²) in [7, 11) is 0. The van der Waals surface area contributed by atoms with E-state index in [1.807, 2.05) is 26.0 Å². The number of ketones is 2. The predicted molar refractivity (Wildman–Crippen MR) is 130 cm³/mol. The largest absolute Gasteiger partial charge is 0.440 e. The van der Waals surface area contributed by atoms with E-state index >= 15 is 0 Å². The van der Waals surface area contributed by atoms with Crippen LogP contribution in [0.5, 0.6) is 0 Å². The second-order valence-electron chi connectivity index (χ2n) is 9.15. The molecule has 2 unspecified atom stereocenters. The zero-order chi connectivity index (χ0) is 24.9. The van der Waals surface area contributed by atoms with Crippen molar-refractivity contribution in [1.29, 1.82) is 0 Å². The number of nitrogens with zero attached hydrogens (tertiary/aromatic N) is 1. The van der Waals surface area contributed by atoms with Crippen LogP contribution in [-0.2, 0) is 9.59 Å². The number of anilines is 3. The van der Waals surface area contributed by atoms with Gasteiger partial charge in [-0.25, -0.2) is 8.78 Å². The maximum absolute atomic E-state index is 13.5. The Hall–Kier alpha value is -4.06. The number of allylic oxidation sites excluding steroid dienone is 5. The number of carbonyl (C=O) groups is 2. The molecule has 2 aliphatic carbocycles. The third-order valence-electron chi connectivity index (χ3n) is 6.77. The molecule has 1 aromatic heterocycles. The molecule has 0 saturated heterocycles. The van der Waals surface area contributed by atoms with Crippen molar-refractivity contribution in [2.24, 2.45) is 11.3 Å². The van der Waals surface area contributed by atoms with Gasteiger partial charge in [0.15, 0.2) is 11.6 Å². The van der Waals surface area contributed by atoms with Crippen LogP contribution in [0.25, 0.3) is 6.08 Å². The minimum Gasteiger partial charge on any atom is -0.440 e. The summed E-state index contributed by atoms with van der Waals surface area (Å²) in [6.07, 6.45) is 5.23. The first-order valence-corrected chi connectivity index (χ1v) is 11.3. The third kappa shape index (κ3) is 3.85. The van der Waals surface area contributed by atoms with Crippen molar-refractivity contribution in [2.45, 2.75) is 20.8 Å². The lowest BCUT2D eigenvalue weighted by molar-refractivity contribution is -0.121. The quantitative estimate of drug-likeness (QED) is 0.301. The molecular weight excluding hydrogens is 448 g/mol. The van der Waals surface area contributed by atoms with Gasteiger partial charge in [-0.15, -0.1) is 0 Å². The predicted octanol–water partition coefficient (Wildman–Crippen LogP) is 7.09. The van der Waals surface area contributed by atoms with Crippen LogP contribution in [0.15, 0.2) is 94.0 Å². The number of benzene rings is 2. The van der Waals surface area contributed by atoms with E-state index in [9.17, 15) is 18.4 Å². The summed E-state index contributed by atoms with van der Waals surface area (Å²) >= 11 is 0. The van der Waals surface area contributed by atoms with Gasteiger partial charge in [-0.05, 0) is 81.4 Å². The van der Waals surface area contributed by atoms with Gasteiger partial charge in [-0.3, -0.25) is 14.5 Å². The molecule has 4 nitrogen and oxygen atoms in total. The van der Waals surface area contributed by atoms with E-state index in [4.69, 9.17) is 4.42 Å². The van der Waals surface area contributed by atoms with Gasteiger partial charge in [0.25, 0.3) is 0 Å². The zero-order valence-corrected chi connectivity index (χ0v) is 19.5. The highest BCUT2D eigenvalue weighted by Crippen LogP contribution is 2.48. The molecule has 6 heteroatoms. The number of hydrogen-bond acceptors (Lipinski definition) is 4. The lowest BCUT2D eigenvalue weighted by Crippen LogP contribution is -2.30. The van der Waals surface area contributed by atoms with Gasteiger partial charge in [0.05, 0.1) is 16.9 Å². The molecule has 2 aromatic carbocycles. The molecule has 0 N–H and O–H groups in total. The summed E-state index contributed by atoms with van der Waals surface area (Å²) in [5.41, 5.74) is 2.36. The fourth-order valence-corrected chi connectivity index (χ4v) is 4.74. The number of furan rings is 1. The van der Waals surface area contributed by atoms with E-state index in [2.05, 4.69) is 0 Å². The van der Waals surface area contributed by atoms with Gasteiger partial charge in [0.2, 0.25) is 5.88 Å². The Kier molecular flexibility index (Phi) is 5.39. The van der Waals surface area contributed by atoms with Crippen molar-refractivity contribution in [3.05, 3.63) is 107 Å². The smallest absolute Gasteiger partial charge is 0.205 e. The van der Waals surface area contributed by atoms with Crippen LogP contribution >= 0.6 is 0 Å². The van der Waals surface area contributed by atoms with Crippen LogP contribution in [0.2, 0.25) is 0 Å². The molecule has 1 saturated carbocycles. The SMILES string of the molecule is CC1=CC2C(=O)/C(=C/c3ccc(N(c4ccc(F)cc4)c4ccc(F)cc4)o3)C(=O)C2(C)C=C1C. The minimum atomic E-state index is -0.907. The van der Waals surface area contributed by atoms with Crippen LogP contribution < -0.4 is 4.90 Å². The van der Waals surface area contributed by atoms with Crippen molar-refractivity contribution in [3.8, 4) is 0 Å². The molecule has 0 radical (unpaired) electrons. The lowest BCUT2D eigenvalue weighted by Gasteiger charge is -2.28. The molecule has 3 aromatic rings. The number of rotatable bonds is 4. The number of halogens is 2. The van der Waals surface area contributed by atoms with E-state index in [1.165, 1.54) is 30.3 Å². The van der Waals surface area contributed by atoms with Gasteiger partial charge in [0.1, 0.15) is 17.4 Å². The first-order chi connectivity index (χ1) is 16.7. The van der Waals surface area contributed by atoms with Gasteiger partial charge in [-0.1, -0.05) is 23.3 Å². The van der Waals surface area contributed by atoms with Gasteiger partial charge >= 0.3 is 0 Å². The monoisotopic (exact) mass is 471 g/mol. The average Bonchev–Trinajstić information content (AvgIpc) is 3.35. The fourth-order valence-electron chi connectivity index (χ4n) is 4.74. The normalized spacial score (nSPS) is 22.8. The highest BCUT2D eigenvalue weighted by molar-refractivity contribution is 6.32. The number of fused-ring (bicyclic) bond motifs is 1.